The maximum Gasteiger partial charge on any atom is 0.319 e. The van der Waals surface area contributed by atoms with Crippen LogP contribution in [0.3, 0.4) is 0 Å². The Kier molecular flexibility index (Phi) is 5.47. The molecule has 1 fully saturated rings. The summed E-state index contributed by atoms with van der Waals surface area (Å²) in [4.78, 5) is 15.2. The van der Waals surface area contributed by atoms with Crippen LogP contribution in [-0.4, -0.2) is 60.8 Å². The predicted octanol–water partition coefficient (Wildman–Crippen LogP) is 1.17. The highest BCUT2D eigenvalue weighted by molar-refractivity contribution is 5.76. The van der Waals surface area contributed by atoms with E-state index in [1.807, 2.05) is 24.3 Å². The van der Waals surface area contributed by atoms with Gasteiger partial charge in [0.25, 0.3) is 0 Å². The number of rotatable bonds is 5. The second kappa shape index (κ2) is 7.55. The van der Waals surface area contributed by atoms with Gasteiger partial charge >= 0.3 is 6.03 Å². The second-order valence-corrected chi connectivity index (χ2v) is 4.84. The van der Waals surface area contributed by atoms with Crippen LogP contribution in [0, 0.1) is 11.8 Å². The Hall–Kier alpha value is -2.19. The summed E-state index contributed by atoms with van der Waals surface area (Å²) in [5.41, 5.74) is 0.859. The first-order chi connectivity index (χ1) is 10.2. The van der Waals surface area contributed by atoms with Crippen molar-refractivity contribution in [3.8, 4) is 17.6 Å². The molecule has 1 N–H and O–H groups in total. The molecule has 0 aromatic heterocycles. The van der Waals surface area contributed by atoms with E-state index in [1.165, 1.54) is 0 Å². The predicted molar refractivity (Wildman–Crippen MR) is 80.1 cm³/mol. The molecule has 1 saturated heterocycles. The Morgan fingerprint density at radius 3 is 2.95 bits per heavy atom. The number of carbonyl (C=O) groups is 1. The van der Waals surface area contributed by atoms with Gasteiger partial charge in [0.15, 0.2) is 0 Å². The maximum absolute atomic E-state index is 11.7. The monoisotopic (exact) mass is 288 g/mol. The highest BCUT2D eigenvalue weighted by Crippen LogP contribution is 2.13. The third-order valence-electron chi connectivity index (χ3n) is 3.24. The molecule has 1 aromatic carbocycles. The standard InChI is InChI=1S/C16H20N2O3/c1-17-8-9-18(16(17)20)10-12-21-15-7-4-6-14(13-15)5-2-3-11-19/h4,6-7,13,19H,3,8-12H2,1H3. The Morgan fingerprint density at radius 1 is 1.38 bits per heavy atom. The largest absolute Gasteiger partial charge is 0.492 e. The fourth-order valence-corrected chi connectivity index (χ4v) is 2.07. The van der Waals surface area contributed by atoms with Gasteiger partial charge in [0.2, 0.25) is 0 Å². The van der Waals surface area contributed by atoms with Crippen molar-refractivity contribution >= 4 is 6.03 Å². The lowest BCUT2D eigenvalue weighted by Crippen LogP contribution is -2.32. The van der Waals surface area contributed by atoms with Crippen molar-refractivity contribution in [2.24, 2.45) is 0 Å². The number of amides is 2. The molecule has 0 saturated carbocycles. The Labute approximate surface area is 125 Å². The Bertz CT molecular complexity index is 548. The molecule has 1 aliphatic heterocycles. The van der Waals surface area contributed by atoms with Gasteiger partial charge in [-0.2, -0.15) is 0 Å². The van der Waals surface area contributed by atoms with E-state index in [1.54, 1.807) is 16.8 Å². The van der Waals surface area contributed by atoms with Crippen molar-refractivity contribution < 1.29 is 14.6 Å². The van der Waals surface area contributed by atoms with Gasteiger partial charge in [-0.3, -0.25) is 0 Å². The lowest BCUT2D eigenvalue weighted by molar-refractivity contribution is 0.188. The summed E-state index contributed by atoms with van der Waals surface area (Å²) >= 11 is 0. The molecule has 0 aliphatic carbocycles. The molecule has 0 radical (unpaired) electrons. The fraction of sp³-hybridized carbons (Fsp3) is 0.438. The van der Waals surface area contributed by atoms with Crippen LogP contribution in [0.4, 0.5) is 4.79 Å². The van der Waals surface area contributed by atoms with Crippen molar-refractivity contribution in [3.63, 3.8) is 0 Å². The van der Waals surface area contributed by atoms with Crippen molar-refractivity contribution in [1.29, 1.82) is 0 Å². The van der Waals surface area contributed by atoms with Gasteiger partial charge in [-0.1, -0.05) is 17.9 Å². The molecule has 5 heteroatoms. The van der Waals surface area contributed by atoms with Crippen LogP contribution in [0.5, 0.6) is 5.75 Å². The Balaban J connectivity index is 1.82. The van der Waals surface area contributed by atoms with Gasteiger partial charge < -0.3 is 19.6 Å². The van der Waals surface area contributed by atoms with E-state index in [0.29, 0.717) is 19.6 Å². The minimum atomic E-state index is 0.0576. The number of likely N-dealkylation sites (N-methyl/N-ethyl adjacent to an activating group) is 1. The lowest BCUT2D eigenvalue weighted by atomic mass is 10.2. The molecule has 0 spiro atoms. The van der Waals surface area contributed by atoms with Gasteiger partial charge in [0.1, 0.15) is 12.4 Å². The van der Waals surface area contributed by atoms with E-state index < -0.39 is 0 Å². The topological polar surface area (TPSA) is 53.0 Å². The molecular formula is C16H20N2O3. The van der Waals surface area contributed by atoms with E-state index in [-0.39, 0.29) is 12.6 Å². The molecule has 0 unspecified atom stereocenters. The molecular weight excluding hydrogens is 268 g/mol. The van der Waals surface area contributed by atoms with E-state index in [9.17, 15) is 4.79 Å². The maximum atomic E-state index is 11.7. The normalized spacial score (nSPS) is 14.1. The molecule has 0 atom stereocenters. The SMILES string of the molecule is CN1CCN(CCOc2cccc(C#CCCO)c2)C1=O. The van der Waals surface area contributed by atoms with Gasteiger partial charge in [-0.25, -0.2) is 4.79 Å². The zero-order valence-corrected chi connectivity index (χ0v) is 12.2. The molecule has 1 heterocycles. The summed E-state index contributed by atoms with van der Waals surface area (Å²) in [7, 11) is 1.80. The molecule has 0 bridgehead atoms. The average Bonchev–Trinajstić information content (AvgIpc) is 2.80. The van der Waals surface area contributed by atoms with Gasteiger partial charge in [0.05, 0.1) is 13.2 Å². The molecule has 112 valence electrons. The van der Waals surface area contributed by atoms with Gasteiger partial charge in [-0.15, -0.1) is 0 Å². The minimum absolute atomic E-state index is 0.0576. The second-order valence-electron chi connectivity index (χ2n) is 4.84. The zero-order chi connectivity index (χ0) is 15.1. The first kappa shape index (κ1) is 15.2. The van der Waals surface area contributed by atoms with Crippen molar-refractivity contribution in [2.75, 3.05) is 39.9 Å². The number of aliphatic hydroxyl groups excluding tert-OH is 1. The minimum Gasteiger partial charge on any atom is -0.492 e. The number of benzene rings is 1. The zero-order valence-electron chi connectivity index (χ0n) is 12.2. The number of nitrogens with zero attached hydrogens (tertiary/aromatic N) is 2. The number of carbonyl (C=O) groups excluding carboxylic acids is 1. The van der Waals surface area contributed by atoms with Crippen LogP contribution < -0.4 is 4.74 Å². The summed E-state index contributed by atoms with van der Waals surface area (Å²) in [5.74, 6) is 6.59. The van der Waals surface area contributed by atoms with Crippen molar-refractivity contribution in [2.45, 2.75) is 6.42 Å². The van der Waals surface area contributed by atoms with Gasteiger partial charge in [-0.05, 0) is 18.2 Å². The van der Waals surface area contributed by atoms with Crippen molar-refractivity contribution in [1.82, 2.24) is 9.80 Å². The molecule has 2 rings (SSSR count). The fourth-order valence-electron chi connectivity index (χ4n) is 2.07. The smallest absolute Gasteiger partial charge is 0.319 e. The summed E-state index contributed by atoms with van der Waals surface area (Å²) in [6, 6.07) is 7.57. The first-order valence-electron chi connectivity index (χ1n) is 7.03. The van der Waals surface area contributed by atoms with Crippen LogP contribution in [0.1, 0.15) is 12.0 Å². The Morgan fingerprint density at radius 2 is 2.24 bits per heavy atom. The van der Waals surface area contributed by atoms with Crippen molar-refractivity contribution in [3.05, 3.63) is 29.8 Å². The summed E-state index contributed by atoms with van der Waals surface area (Å²) < 4.78 is 5.67. The van der Waals surface area contributed by atoms with Crippen LogP contribution in [-0.2, 0) is 0 Å². The van der Waals surface area contributed by atoms with Crippen LogP contribution in [0.15, 0.2) is 24.3 Å². The summed E-state index contributed by atoms with van der Waals surface area (Å²) in [5, 5.41) is 8.70. The number of ether oxygens (including phenoxy) is 1. The average molecular weight is 288 g/mol. The number of hydrogen-bond donors (Lipinski definition) is 1. The highest BCUT2D eigenvalue weighted by Gasteiger charge is 2.24. The van der Waals surface area contributed by atoms with Crippen LogP contribution >= 0.6 is 0 Å². The van der Waals surface area contributed by atoms with E-state index in [4.69, 9.17) is 9.84 Å². The first-order valence-corrected chi connectivity index (χ1v) is 7.03. The number of hydrogen-bond acceptors (Lipinski definition) is 3. The summed E-state index contributed by atoms with van der Waals surface area (Å²) in [6.07, 6.45) is 0.468. The molecule has 2 amide bonds. The van der Waals surface area contributed by atoms with E-state index in [2.05, 4.69) is 11.8 Å². The summed E-state index contributed by atoms with van der Waals surface area (Å²) in [6.45, 7) is 2.65. The highest BCUT2D eigenvalue weighted by atomic mass is 16.5. The lowest BCUT2D eigenvalue weighted by Gasteiger charge is -2.16. The molecule has 1 aliphatic rings. The third kappa shape index (κ3) is 4.40. The van der Waals surface area contributed by atoms with Crippen LogP contribution in [0.2, 0.25) is 0 Å². The quantitative estimate of drug-likeness (QED) is 0.827. The molecule has 21 heavy (non-hydrogen) atoms. The van der Waals surface area contributed by atoms with E-state index in [0.717, 1.165) is 24.4 Å². The number of urea groups is 1. The van der Waals surface area contributed by atoms with E-state index >= 15 is 0 Å². The third-order valence-corrected chi connectivity index (χ3v) is 3.24. The number of aliphatic hydroxyl groups is 1. The van der Waals surface area contributed by atoms with Gasteiger partial charge in [0, 0.05) is 32.1 Å². The van der Waals surface area contributed by atoms with Crippen LogP contribution in [0.25, 0.3) is 0 Å². The molecule has 5 nitrogen and oxygen atoms in total. The molecule has 1 aromatic rings.